The molecule has 0 bridgehead atoms. The summed E-state index contributed by atoms with van der Waals surface area (Å²) < 4.78 is 6.42. The number of fused-ring (bicyclic) bond motifs is 1. The van der Waals surface area contributed by atoms with E-state index in [1.165, 1.54) is 0 Å². The number of hydrogen-bond acceptors (Lipinski definition) is 7. The summed E-state index contributed by atoms with van der Waals surface area (Å²) in [6, 6.07) is 2.04. The quantitative estimate of drug-likeness (QED) is 0.740. The molecular formula is C15H17N5OS. The molecule has 3 aromatic heterocycles. The van der Waals surface area contributed by atoms with Gasteiger partial charge in [0, 0.05) is 25.4 Å². The van der Waals surface area contributed by atoms with Gasteiger partial charge in [-0.25, -0.2) is 9.97 Å². The van der Waals surface area contributed by atoms with E-state index in [0.29, 0.717) is 5.92 Å². The van der Waals surface area contributed by atoms with Gasteiger partial charge in [-0.3, -0.25) is 0 Å². The van der Waals surface area contributed by atoms with Gasteiger partial charge in [0.1, 0.15) is 12.1 Å². The van der Waals surface area contributed by atoms with Crippen LogP contribution in [0.2, 0.25) is 0 Å². The van der Waals surface area contributed by atoms with Crippen LogP contribution in [0.1, 0.15) is 37.4 Å². The topological polar surface area (TPSA) is 67.9 Å². The highest BCUT2D eigenvalue weighted by molar-refractivity contribution is 7.17. The van der Waals surface area contributed by atoms with E-state index in [0.717, 1.165) is 60.1 Å². The smallest absolute Gasteiger partial charge is 0.226 e. The van der Waals surface area contributed by atoms with E-state index in [-0.39, 0.29) is 0 Å². The second-order valence-corrected chi connectivity index (χ2v) is 6.43. The second kappa shape index (κ2) is 5.64. The standard InChI is InChI=1S/C15H17N5OS/c1-2-12-18-14(19-21-12)10-4-3-6-20(8-10)15-13-11(5-7-22-13)16-9-17-15/h5,7,9-10H,2-4,6,8H2,1H3/t10-/m1/s1. The Morgan fingerprint density at radius 2 is 2.36 bits per heavy atom. The third-order valence-corrected chi connectivity index (χ3v) is 5.00. The number of piperidine rings is 1. The zero-order valence-corrected chi connectivity index (χ0v) is 13.2. The summed E-state index contributed by atoms with van der Waals surface area (Å²) in [6.45, 7) is 3.92. The lowest BCUT2D eigenvalue weighted by atomic mass is 9.97. The minimum atomic E-state index is 0.308. The van der Waals surface area contributed by atoms with Crippen LogP contribution in [0.25, 0.3) is 10.2 Å². The first-order chi connectivity index (χ1) is 10.8. The third kappa shape index (κ3) is 2.35. The molecule has 1 atom stereocenters. The molecule has 0 aliphatic carbocycles. The number of rotatable bonds is 3. The number of aryl methyl sites for hydroxylation is 1. The van der Waals surface area contributed by atoms with Gasteiger partial charge >= 0.3 is 0 Å². The molecule has 6 nitrogen and oxygen atoms in total. The molecule has 1 aliphatic heterocycles. The van der Waals surface area contributed by atoms with Gasteiger partial charge in [0.15, 0.2) is 5.82 Å². The lowest BCUT2D eigenvalue weighted by Crippen LogP contribution is -2.35. The molecule has 114 valence electrons. The molecule has 0 radical (unpaired) electrons. The molecule has 0 amide bonds. The Balaban J connectivity index is 1.62. The average molecular weight is 315 g/mol. The van der Waals surface area contributed by atoms with Crippen molar-refractivity contribution in [1.82, 2.24) is 20.1 Å². The van der Waals surface area contributed by atoms with E-state index in [9.17, 15) is 0 Å². The fourth-order valence-electron chi connectivity index (χ4n) is 2.96. The maximum atomic E-state index is 5.26. The number of aromatic nitrogens is 4. The van der Waals surface area contributed by atoms with E-state index < -0.39 is 0 Å². The van der Waals surface area contributed by atoms with Crippen LogP contribution in [-0.4, -0.2) is 33.2 Å². The van der Waals surface area contributed by atoms with Crippen molar-refractivity contribution in [2.45, 2.75) is 32.1 Å². The van der Waals surface area contributed by atoms with Crippen molar-refractivity contribution < 1.29 is 4.52 Å². The van der Waals surface area contributed by atoms with Crippen molar-refractivity contribution in [2.24, 2.45) is 0 Å². The zero-order chi connectivity index (χ0) is 14.9. The van der Waals surface area contributed by atoms with Gasteiger partial charge in [0.05, 0.1) is 10.2 Å². The summed E-state index contributed by atoms with van der Waals surface area (Å²) in [7, 11) is 0. The maximum Gasteiger partial charge on any atom is 0.226 e. The van der Waals surface area contributed by atoms with Crippen LogP contribution in [0.3, 0.4) is 0 Å². The molecule has 1 aliphatic rings. The number of thiophene rings is 1. The van der Waals surface area contributed by atoms with Crippen LogP contribution < -0.4 is 4.90 Å². The molecule has 0 aromatic carbocycles. The molecule has 7 heteroatoms. The van der Waals surface area contributed by atoms with Crippen molar-refractivity contribution in [3.05, 3.63) is 29.5 Å². The van der Waals surface area contributed by atoms with E-state index in [1.807, 2.05) is 13.0 Å². The van der Waals surface area contributed by atoms with Crippen LogP contribution in [0.4, 0.5) is 5.82 Å². The lowest BCUT2D eigenvalue weighted by molar-refractivity contribution is 0.368. The van der Waals surface area contributed by atoms with E-state index in [2.05, 4.69) is 30.4 Å². The van der Waals surface area contributed by atoms with E-state index >= 15 is 0 Å². The van der Waals surface area contributed by atoms with E-state index in [4.69, 9.17) is 4.52 Å². The number of hydrogen-bond donors (Lipinski definition) is 0. The Labute approximate surface area is 132 Å². The Kier molecular flexibility index (Phi) is 3.49. The Hall–Kier alpha value is -2.02. The first kappa shape index (κ1) is 13.6. The predicted octanol–water partition coefficient (Wildman–Crippen LogP) is 3.02. The second-order valence-electron chi connectivity index (χ2n) is 5.52. The van der Waals surface area contributed by atoms with Gasteiger partial charge in [-0.1, -0.05) is 12.1 Å². The maximum absolute atomic E-state index is 5.26. The summed E-state index contributed by atoms with van der Waals surface area (Å²) in [5.74, 6) is 2.89. The molecule has 1 saturated heterocycles. The average Bonchev–Trinajstić information content (AvgIpc) is 3.23. The Bertz CT molecular complexity index is 783. The van der Waals surface area contributed by atoms with Crippen molar-refractivity contribution in [3.8, 4) is 0 Å². The SMILES string of the molecule is CCc1nc([C@@H]2CCCN(c3ncnc4ccsc34)C2)no1. The summed E-state index contributed by atoms with van der Waals surface area (Å²) in [5.41, 5.74) is 1.02. The first-order valence-electron chi connectivity index (χ1n) is 7.60. The molecule has 0 unspecified atom stereocenters. The van der Waals surface area contributed by atoms with Crippen molar-refractivity contribution >= 4 is 27.4 Å². The monoisotopic (exact) mass is 315 g/mol. The van der Waals surface area contributed by atoms with Gasteiger partial charge in [0.25, 0.3) is 0 Å². The van der Waals surface area contributed by atoms with Gasteiger partial charge < -0.3 is 9.42 Å². The summed E-state index contributed by atoms with van der Waals surface area (Å²) in [6.07, 6.45) is 4.64. The van der Waals surface area contributed by atoms with Crippen LogP contribution in [-0.2, 0) is 6.42 Å². The molecule has 3 aromatic rings. The zero-order valence-electron chi connectivity index (χ0n) is 12.4. The highest BCUT2D eigenvalue weighted by Gasteiger charge is 2.27. The highest BCUT2D eigenvalue weighted by Crippen LogP contribution is 2.33. The summed E-state index contributed by atoms with van der Waals surface area (Å²) in [5, 5.41) is 6.21. The van der Waals surface area contributed by atoms with Gasteiger partial charge in [-0.15, -0.1) is 11.3 Å². The molecular weight excluding hydrogens is 298 g/mol. The highest BCUT2D eigenvalue weighted by atomic mass is 32.1. The van der Waals surface area contributed by atoms with Gasteiger partial charge in [-0.2, -0.15) is 4.98 Å². The molecule has 0 saturated carbocycles. The molecule has 0 N–H and O–H groups in total. The minimum Gasteiger partial charge on any atom is -0.355 e. The fourth-order valence-corrected chi connectivity index (χ4v) is 3.82. The van der Waals surface area contributed by atoms with E-state index in [1.54, 1.807) is 17.7 Å². The summed E-state index contributed by atoms with van der Waals surface area (Å²) in [4.78, 5) is 15.7. The minimum absolute atomic E-state index is 0.308. The third-order valence-electron chi connectivity index (χ3n) is 4.10. The molecule has 1 fully saturated rings. The van der Waals surface area contributed by atoms with Gasteiger partial charge in [0.2, 0.25) is 5.89 Å². The summed E-state index contributed by atoms with van der Waals surface area (Å²) >= 11 is 1.70. The van der Waals surface area contributed by atoms with Crippen LogP contribution in [0.15, 0.2) is 22.3 Å². The first-order valence-corrected chi connectivity index (χ1v) is 8.48. The van der Waals surface area contributed by atoms with Crippen LogP contribution in [0, 0.1) is 0 Å². The number of nitrogens with zero attached hydrogens (tertiary/aromatic N) is 5. The molecule has 0 spiro atoms. The fraction of sp³-hybridized carbons (Fsp3) is 0.467. The normalized spacial score (nSPS) is 19.0. The largest absolute Gasteiger partial charge is 0.355 e. The predicted molar refractivity (Wildman–Crippen MR) is 85.3 cm³/mol. The molecule has 4 heterocycles. The molecule has 4 rings (SSSR count). The molecule has 22 heavy (non-hydrogen) atoms. The number of anilines is 1. The van der Waals surface area contributed by atoms with Crippen molar-refractivity contribution in [2.75, 3.05) is 18.0 Å². The van der Waals surface area contributed by atoms with Crippen molar-refractivity contribution in [1.29, 1.82) is 0 Å². The van der Waals surface area contributed by atoms with Gasteiger partial charge in [-0.05, 0) is 24.3 Å². The lowest BCUT2D eigenvalue weighted by Gasteiger charge is -2.32. The Morgan fingerprint density at radius 3 is 3.23 bits per heavy atom. The Morgan fingerprint density at radius 1 is 1.41 bits per heavy atom. The van der Waals surface area contributed by atoms with Crippen molar-refractivity contribution in [3.63, 3.8) is 0 Å². The van der Waals surface area contributed by atoms with Crippen LogP contribution >= 0.6 is 11.3 Å². The van der Waals surface area contributed by atoms with Crippen LogP contribution in [0.5, 0.6) is 0 Å².